The Kier molecular flexibility index (Phi) is 5.53. The monoisotopic (exact) mass is 281 g/mol. The fourth-order valence-corrected chi connectivity index (χ4v) is 2.59. The Balaban J connectivity index is 2.03. The summed E-state index contributed by atoms with van der Waals surface area (Å²) < 4.78 is 29.2. The van der Waals surface area contributed by atoms with Gasteiger partial charge in [0.05, 0.1) is 0 Å². The molecule has 0 amide bonds. The minimum Gasteiger partial charge on any atom is -0.434 e. The molecule has 1 heterocycles. The SMILES string of the molecule is CCC1CCNC(/C=C/c2ccccc2OC(F)F)C1. The third-order valence-corrected chi connectivity index (χ3v) is 3.77. The second-order valence-electron chi connectivity index (χ2n) is 5.13. The van der Waals surface area contributed by atoms with Gasteiger partial charge in [0, 0.05) is 11.6 Å². The number of rotatable bonds is 5. The normalized spacial score (nSPS) is 23.4. The van der Waals surface area contributed by atoms with Crippen molar-refractivity contribution in [1.29, 1.82) is 0 Å². The van der Waals surface area contributed by atoms with E-state index in [1.165, 1.54) is 12.8 Å². The van der Waals surface area contributed by atoms with Gasteiger partial charge in [0.1, 0.15) is 5.75 Å². The first-order valence-electron chi connectivity index (χ1n) is 7.14. The van der Waals surface area contributed by atoms with Crippen molar-refractivity contribution >= 4 is 6.08 Å². The van der Waals surface area contributed by atoms with E-state index in [-0.39, 0.29) is 5.75 Å². The molecule has 4 heteroatoms. The summed E-state index contributed by atoms with van der Waals surface area (Å²) >= 11 is 0. The van der Waals surface area contributed by atoms with E-state index >= 15 is 0 Å². The van der Waals surface area contributed by atoms with E-state index in [2.05, 4.69) is 23.1 Å². The standard InChI is InChI=1S/C16H21F2NO/c1-2-12-9-10-19-14(11-12)8-7-13-5-3-4-6-15(13)20-16(17)18/h3-8,12,14,16,19H,2,9-11H2,1H3/b8-7+. The second kappa shape index (κ2) is 7.39. The first kappa shape index (κ1) is 15.0. The number of benzene rings is 1. The average Bonchev–Trinajstić information content (AvgIpc) is 2.46. The molecule has 110 valence electrons. The lowest BCUT2D eigenvalue weighted by Gasteiger charge is -2.27. The minimum absolute atomic E-state index is 0.224. The molecule has 1 fully saturated rings. The number of hydrogen-bond donors (Lipinski definition) is 1. The largest absolute Gasteiger partial charge is 0.434 e. The molecule has 2 atom stereocenters. The lowest BCUT2D eigenvalue weighted by atomic mass is 9.90. The molecule has 0 radical (unpaired) electrons. The number of nitrogens with one attached hydrogen (secondary N) is 1. The Morgan fingerprint density at radius 2 is 2.20 bits per heavy atom. The van der Waals surface area contributed by atoms with Crippen molar-refractivity contribution in [2.75, 3.05) is 6.54 Å². The average molecular weight is 281 g/mol. The third-order valence-electron chi connectivity index (χ3n) is 3.77. The molecule has 1 aliphatic heterocycles. The number of hydrogen-bond acceptors (Lipinski definition) is 2. The van der Waals surface area contributed by atoms with Crippen LogP contribution in [0.15, 0.2) is 30.3 Å². The highest BCUT2D eigenvalue weighted by molar-refractivity contribution is 5.57. The fraction of sp³-hybridized carbons (Fsp3) is 0.500. The zero-order valence-electron chi connectivity index (χ0n) is 11.7. The number of piperidine rings is 1. The van der Waals surface area contributed by atoms with Crippen molar-refractivity contribution in [1.82, 2.24) is 5.32 Å². The summed E-state index contributed by atoms with van der Waals surface area (Å²) in [7, 11) is 0. The molecule has 20 heavy (non-hydrogen) atoms. The maximum atomic E-state index is 12.3. The number of para-hydroxylation sites is 1. The second-order valence-corrected chi connectivity index (χ2v) is 5.13. The van der Waals surface area contributed by atoms with Crippen molar-refractivity contribution < 1.29 is 13.5 Å². The van der Waals surface area contributed by atoms with Crippen LogP contribution >= 0.6 is 0 Å². The highest BCUT2D eigenvalue weighted by Gasteiger charge is 2.18. The molecule has 1 aromatic carbocycles. The van der Waals surface area contributed by atoms with Crippen LogP contribution in [0.25, 0.3) is 6.08 Å². The van der Waals surface area contributed by atoms with Gasteiger partial charge in [-0.25, -0.2) is 0 Å². The first-order valence-corrected chi connectivity index (χ1v) is 7.14. The van der Waals surface area contributed by atoms with Gasteiger partial charge in [-0.3, -0.25) is 0 Å². The van der Waals surface area contributed by atoms with Crippen LogP contribution < -0.4 is 10.1 Å². The maximum absolute atomic E-state index is 12.3. The van der Waals surface area contributed by atoms with E-state index in [1.807, 2.05) is 12.1 Å². The smallest absolute Gasteiger partial charge is 0.387 e. The van der Waals surface area contributed by atoms with Gasteiger partial charge in [0.2, 0.25) is 0 Å². The third kappa shape index (κ3) is 4.30. The van der Waals surface area contributed by atoms with E-state index in [0.29, 0.717) is 11.6 Å². The maximum Gasteiger partial charge on any atom is 0.387 e. The van der Waals surface area contributed by atoms with Crippen LogP contribution in [-0.2, 0) is 0 Å². The quantitative estimate of drug-likeness (QED) is 0.878. The van der Waals surface area contributed by atoms with Crippen molar-refractivity contribution in [3.63, 3.8) is 0 Å². The van der Waals surface area contributed by atoms with Gasteiger partial charge < -0.3 is 10.1 Å². The van der Waals surface area contributed by atoms with Crippen LogP contribution in [0, 0.1) is 5.92 Å². The van der Waals surface area contributed by atoms with E-state index in [0.717, 1.165) is 18.9 Å². The van der Waals surface area contributed by atoms with Gasteiger partial charge in [-0.2, -0.15) is 8.78 Å². The van der Waals surface area contributed by atoms with Gasteiger partial charge in [0.25, 0.3) is 0 Å². The molecule has 2 unspecified atom stereocenters. The lowest BCUT2D eigenvalue weighted by molar-refractivity contribution is -0.0499. The summed E-state index contributed by atoms with van der Waals surface area (Å²) in [5.41, 5.74) is 0.688. The summed E-state index contributed by atoms with van der Waals surface area (Å²) in [5, 5.41) is 3.44. The molecule has 1 N–H and O–H groups in total. The van der Waals surface area contributed by atoms with E-state index < -0.39 is 6.61 Å². The van der Waals surface area contributed by atoms with Gasteiger partial charge in [0.15, 0.2) is 0 Å². The highest BCUT2D eigenvalue weighted by Crippen LogP contribution is 2.24. The molecule has 2 nitrogen and oxygen atoms in total. The molecular formula is C16H21F2NO. The van der Waals surface area contributed by atoms with Crippen LogP contribution in [0.3, 0.4) is 0 Å². The van der Waals surface area contributed by atoms with Gasteiger partial charge in [-0.05, 0) is 31.4 Å². The van der Waals surface area contributed by atoms with Gasteiger partial charge >= 0.3 is 6.61 Å². The molecule has 2 rings (SSSR count). The predicted molar refractivity (Wildman–Crippen MR) is 76.9 cm³/mol. The van der Waals surface area contributed by atoms with Crippen molar-refractivity contribution in [2.45, 2.75) is 38.8 Å². The summed E-state index contributed by atoms with van der Waals surface area (Å²) in [4.78, 5) is 0. The summed E-state index contributed by atoms with van der Waals surface area (Å²) in [6.45, 7) is 0.437. The zero-order valence-corrected chi connectivity index (χ0v) is 11.7. The Hall–Kier alpha value is -1.42. The van der Waals surface area contributed by atoms with Crippen LogP contribution in [0.5, 0.6) is 5.75 Å². The van der Waals surface area contributed by atoms with Crippen molar-refractivity contribution in [2.24, 2.45) is 5.92 Å². The van der Waals surface area contributed by atoms with Crippen molar-refractivity contribution in [3.8, 4) is 5.75 Å². The Morgan fingerprint density at radius 1 is 1.40 bits per heavy atom. The molecular weight excluding hydrogens is 260 g/mol. The molecule has 0 spiro atoms. The lowest BCUT2D eigenvalue weighted by Crippen LogP contribution is -2.36. The molecule has 1 aliphatic rings. The van der Waals surface area contributed by atoms with Crippen LogP contribution in [-0.4, -0.2) is 19.2 Å². The molecule has 0 bridgehead atoms. The Morgan fingerprint density at radius 3 is 2.95 bits per heavy atom. The van der Waals surface area contributed by atoms with Crippen molar-refractivity contribution in [3.05, 3.63) is 35.9 Å². The number of ether oxygens (including phenoxy) is 1. The zero-order chi connectivity index (χ0) is 14.4. The molecule has 0 aliphatic carbocycles. The molecule has 1 aromatic rings. The molecule has 0 aromatic heterocycles. The minimum atomic E-state index is -2.79. The van der Waals surface area contributed by atoms with E-state index in [9.17, 15) is 8.78 Å². The van der Waals surface area contributed by atoms with Crippen LogP contribution in [0.4, 0.5) is 8.78 Å². The predicted octanol–water partition coefficient (Wildman–Crippen LogP) is 4.08. The van der Waals surface area contributed by atoms with Crippen LogP contribution in [0.1, 0.15) is 31.7 Å². The number of alkyl halides is 2. The van der Waals surface area contributed by atoms with E-state index in [1.54, 1.807) is 18.2 Å². The van der Waals surface area contributed by atoms with Crippen LogP contribution in [0.2, 0.25) is 0 Å². The Labute approximate surface area is 118 Å². The topological polar surface area (TPSA) is 21.3 Å². The fourth-order valence-electron chi connectivity index (χ4n) is 2.59. The van der Waals surface area contributed by atoms with Gasteiger partial charge in [-0.1, -0.05) is 43.7 Å². The van der Waals surface area contributed by atoms with E-state index in [4.69, 9.17) is 0 Å². The summed E-state index contributed by atoms with van der Waals surface area (Å²) in [6, 6.07) is 7.18. The number of halogens is 2. The Bertz CT molecular complexity index is 448. The van der Waals surface area contributed by atoms with Gasteiger partial charge in [-0.15, -0.1) is 0 Å². The highest BCUT2D eigenvalue weighted by atomic mass is 19.3. The molecule has 0 saturated carbocycles. The summed E-state index contributed by atoms with van der Waals surface area (Å²) in [5.74, 6) is 0.972. The first-order chi connectivity index (χ1) is 9.69. The molecule has 1 saturated heterocycles. The summed E-state index contributed by atoms with van der Waals surface area (Å²) in [6.07, 6.45) is 7.43.